The molecule has 0 saturated carbocycles. The van der Waals surface area contributed by atoms with E-state index in [-0.39, 0.29) is 29.8 Å². The number of hydrogen-bond acceptors (Lipinski definition) is 2. The molecule has 1 aliphatic rings. The van der Waals surface area contributed by atoms with E-state index in [1.807, 2.05) is 12.1 Å². The largest absolute Gasteiger partial charge is 0.481 e. The number of carboxylic acid groups (broad SMARTS) is 1. The van der Waals surface area contributed by atoms with Crippen molar-refractivity contribution in [2.75, 3.05) is 11.9 Å². The summed E-state index contributed by atoms with van der Waals surface area (Å²) < 4.78 is 0. The summed E-state index contributed by atoms with van der Waals surface area (Å²) in [5.41, 5.74) is 3.55. The van der Waals surface area contributed by atoms with Crippen molar-refractivity contribution in [2.45, 2.75) is 51.4 Å². The van der Waals surface area contributed by atoms with E-state index in [0.29, 0.717) is 0 Å². The molecular formula is C17H24N2O3. The van der Waals surface area contributed by atoms with Crippen LogP contribution >= 0.6 is 0 Å². The molecule has 1 aromatic rings. The molecule has 0 bridgehead atoms. The second-order valence-corrected chi connectivity index (χ2v) is 7.23. The van der Waals surface area contributed by atoms with E-state index in [0.717, 1.165) is 12.1 Å². The van der Waals surface area contributed by atoms with Crippen LogP contribution < -0.4 is 10.6 Å². The van der Waals surface area contributed by atoms with Gasteiger partial charge in [0, 0.05) is 12.2 Å². The number of benzene rings is 1. The number of carbonyl (C=O) groups is 2. The van der Waals surface area contributed by atoms with Crippen molar-refractivity contribution in [3.8, 4) is 0 Å². The first kappa shape index (κ1) is 16.3. The highest BCUT2D eigenvalue weighted by Gasteiger charge is 2.41. The highest BCUT2D eigenvalue weighted by molar-refractivity contribution is 5.89. The van der Waals surface area contributed by atoms with Crippen molar-refractivity contribution >= 4 is 17.7 Å². The van der Waals surface area contributed by atoms with E-state index in [4.69, 9.17) is 5.11 Å². The van der Waals surface area contributed by atoms with Gasteiger partial charge < -0.3 is 15.7 Å². The van der Waals surface area contributed by atoms with Gasteiger partial charge >= 0.3 is 12.0 Å². The lowest BCUT2D eigenvalue weighted by atomic mass is 9.82. The molecule has 0 fully saturated rings. The van der Waals surface area contributed by atoms with Gasteiger partial charge in [0.1, 0.15) is 0 Å². The number of hydrogen-bond donors (Lipinski definition) is 3. The zero-order valence-electron chi connectivity index (χ0n) is 13.6. The van der Waals surface area contributed by atoms with Gasteiger partial charge in [0.25, 0.3) is 0 Å². The van der Waals surface area contributed by atoms with Gasteiger partial charge in [0.15, 0.2) is 0 Å². The number of aliphatic carboxylic acids is 1. The Balaban J connectivity index is 2.09. The van der Waals surface area contributed by atoms with Crippen molar-refractivity contribution in [1.82, 2.24) is 5.32 Å². The van der Waals surface area contributed by atoms with Gasteiger partial charge in [0.05, 0.1) is 6.42 Å². The molecule has 0 atom stereocenters. The quantitative estimate of drug-likeness (QED) is 0.799. The highest BCUT2D eigenvalue weighted by atomic mass is 16.4. The van der Waals surface area contributed by atoms with Gasteiger partial charge in [-0.2, -0.15) is 0 Å². The zero-order valence-corrected chi connectivity index (χ0v) is 13.6. The minimum atomic E-state index is -0.929. The molecule has 0 radical (unpaired) electrons. The zero-order chi connectivity index (χ0) is 16.5. The van der Waals surface area contributed by atoms with Gasteiger partial charge in [-0.25, -0.2) is 4.79 Å². The normalized spacial score (nSPS) is 17.6. The summed E-state index contributed by atoms with van der Waals surface area (Å²) in [6.07, 6.45) is 0.989. The fraction of sp³-hybridized carbons (Fsp3) is 0.529. The molecule has 22 heavy (non-hydrogen) atoms. The Hall–Kier alpha value is -2.04. The first-order valence-corrected chi connectivity index (χ1v) is 7.53. The third kappa shape index (κ3) is 3.40. The van der Waals surface area contributed by atoms with E-state index >= 15 is 0 Å². The monoisotopic (exact) mass is 304 g/mol. The van der Waals surface area contributed by atoms with Crippen molar-refractivity contribution in [3.05, 3.63) is 29.3 Å². The number of carbonyl (C=O) groups excluding carboxylic acids is 1. The summed E-state index contributed by atoms with van der Waals surface area (Å²) in [4.78, 5) is 22.2. The van der Waals surface area contributed by atoms with E-state index in [9.17, 15) is 9.59 Å². The average molecular weight is 304 g/mol. The summed E-state index contributed by atoms with van der Waals surface area (Å²) in [5.74, 6) is -0.929. The predicted molar refractivity (Wildman–Crippen MR) is 86.4 cm³/mol. The van der Waals surface area contributed by atoms with Gasteiger partial charge in [-0.15, -0.1) is 0 Å². The second-order valence-electron chi connectivity index (χ2n) is 7.23. The van der Waals surface area contributed by atoms with Crippen LogP contribution in [0.3, 0.4) is 0 Å². The van der Waals surface area contributed by atoms with Crippen molar-refractivity contribution < 1.29 is 14.7 Å². The SMILES string of the molecule is CC1(C)CC(C)(C)c2cc(NC(=O)NCCC(=O)O)ccc21. The van der Waals surface area contributed by atoms with Gasteiger partial charge in [0.2, 0.25) is 0 Å². The van der Waals surface area contributed by atoms with Gasteiger partial charge in [-0.3, -0.25) is 4.79 Å². The molecule has 0 saturated heterocycles. The van der Waals surface area contributed by atoms with Crippen LogP contribution in [0.2, 0.25) is 0 Å². The summed E-state index contributed by atoms with van der Waals surface area (Å²) in [7, 11) is 0. The van der Waals surface area contributed by atoms with Crippen LogP contribution in [-0.2, 0) is 15.6 Å². The summed E-state index contributed by atoms with van der Waals surface area (Å²) in [6, 6.07) is 5.63. The maximum atomic E-state index is 11.8. The van der Waals surface area contributed by atoms with Crippen LogP contribution in [0.5, 0.6) is 0 Å². The number of amides is 2. The summed E-state index contributed by atoms with van der Waals surface area (Å²) in [6.45, 7) is 9.04. The molecule has 0 spiro atoms. The molecule has 120 valence electrons. The Bertz CT molecular complexity index is 606. The molecule has 0 aliphatic heterocycles. The highest BCUT2D eigenvalue weighted by Crippen LogP contribution is 2.49. The number of urea groups is 1. The smallest absolute Gasteiger partial charge is 0.319 e. The van der Waals surface area contributed by atoms with E-state index in [1.165, 1.54) is 11.1 Å². The first-order valence-electron chi connectivity index (χ1n) is 7.53. The molecular weight excluding hydrogens is 280 g/mol. The molecule has 1 aromatic carbocycles. The van der Waals surface area contributed by atoms with Crippen molar-refractivity contribution in [1.29, 1.82) is 0 Å². The predicted octanol–water partition coefficient (Wildman–Crippen LogP) is 3.24. The fourth-order valence-corrected chi connectivity index (χ4v) is 3.53. The Labute approximate surface area is 131 Å². The Kier molecular flexibility index (Phi) is 4.18. The third-order valence-corrected chi connectivity index (χ3v) is 4.24. The van der Waals surface area contributed by atoms with Crippen LogP contribution in [0.25, 0.3) is 0 Å². The molecule has 5 nitrogen and oxygen atoms in total. The second kappa shape index (κ2) is 5.63. The fourth-order valence-electron chi connectivity index (χ4n) is 3.53. The third-order valence-electron chi connectivity index (χ3n) is 4.24. The molecule has 3 N–H and O–H groups in total. The number of nitrogens with one attached hydrogen (secondary N) is 2. The Morgan fingerprint density at radius 3 is 2.41 bits per heavy atom. The van der Waals surface area contributed by atoms with E-state index in [1.54, 1.807) is 0 Å². The Morgan fingerprint density at radius 2 is 1.77 bits per heavy atom. The standard InChI is InChI=1S/C17H24N2O3/c1-16(2)10-17(3,4)13-9-11(5-6-12(13)16)19-15(22)18-8-7-14(20)21/h5-6,9H,7-8,10H2,1-4H3,(H,20,21)(H2,18,19,22). The maximum Gasteiger partial charge on any atom is 0.319 e. The van der Waals surface area contributed by atoms with E-state index < -0.39 is 5.97 Å². The summed E-state index contributed by atoms with van der Waals surface area (Å²) in [5, 5.41) is 13.9. The van der Waals surface area contributed by atoms with Crippen LogP contribution in [0, 0.1) is 0 Å². The first-order chi connectivity index (χ1) is 10.1. The number of carboxylic acids is 1. The van der Waals surface area contributed by atoms with Gasteiger partial charge in [-0.05, 0) is 40.5 Å². The number of rotatable bonds is 4. The minimum Gasteiger partial charge on any atom is -0.481 e. The number of anilines is 1. The lowest BCUT2D eigenvalue weighted by Gasteiger charge is -2.22. The summed E-state index contributed by atoms with van der Waals surface area (Å²) >= 11 is 0. The maximum absolute atomic E-state index is 11.8. The lowest BCUT2D eigenvalue weighted by molar-refractivity contribution is -0.136. The van der Waals surface area contributed by atoms with Crippen LogP contribution in [0.4, 0.5) is 10.5 Å². The van der Waals surface area contributed by atoms with Crippen molar-refractivity contribution in [3.63, 3.8) is 0 Å². The Morgan fingerprint density at radius 1 is 1.14 bits per heavy atom. The number of fused-ring (bicyclic) bond motifs is 1. The molecule has 0 unspecified atom stereocenters. The van der Waals surface area contributed by atoms with Gasteiger partial charge in [-0.1, -0.05) is 33.8 Å². The molecule has 5 heteroatoms. The molecule has 2 amide bonds. The van der Waals surface area contributed by atoms with Crippen LogP contribution in [0.15, 0.2) is 18.2 Å². The van der Waals surface area contributed by atoms with Crippen LogP contribution in [0.1, 0.15) is 51.7 Å². The van der Waals surface area contributed by atoms with Crippen molar-refractivity contribution in [2.24, 2.45) is 0 Å². The van der Waals surface area contributed by atoms with Crippen LogP contribution in [-0.4, -0.2) is 23.7 Å². The molecule has 0 aromatic heterocycles. The topological polar surface area (TPSA) is 78.4 Å². The molecule has 2 rings (SSSR count). The lowest BCUT2D eigenvalue weighted by Crippen LogP contribution is -2.30. The van der Waals surface area contributed by atoms with E-state index in [2.05, 4.69) is 44.4 Å². The molecule has 0 heterocycles. The average Bonchev–Trinajstić information content (AvgIpc) is 2.54. The minimum absolute atomic E-state index is 0.0797. The molecule has 1 aliphatic carbocycles.